The first-order valence-corrected chi connectivity index (χ1v) is 9.46. The second-order valence-corrected chi connectivity index (χ2v) is 6.73. The molecule has 0 saturated heterocycles. The Labute approximate surface area is 187 Å². The van der Waals surface area contributed by atoms with Crippen LogP contribution in [-0.4, -0.2) is 42.9 Å². The van der Waals surface area contributed by atoms with Gasteiger partial charge in [0, 0.05) is 11.1 Å². The van der Waals surface area contributed by atoms with Crippen LogP contribution in [0.15, 0.2) is 52.6 Å². The van der Waals surface area contributed by atoms with Gasteiger partial charge in [0.25, 0.3) is 0 Å². The number of benzene rings is 2. The van der Waals surface area contributed by atoms with Crippen LogP contribution >= 0.6 is 12.2 Å². The minimum absolute atomic E-state index is 0.0215. The lowest BCUT2D eigenvalue weighted by molar-refractivity contribution is -0.132. The number of methoxy groups -OCH3 is 1. The Hall–Kier alpha value is -3.47. The maximum absolute atomic E-state index is 12.6. The molecule has 32 heavy (non-hydrogen) atoms. The van der Waals surface area contributed by atoms with E-state index in [-0.39, 0.29) is 22.9 Å². The molecule has 0 aliphatic heterocycles. The van der Waals surface area contributed by atoms with Crippen LogP contribution in [-0.2, 0) is 21.0 Å². The van der Waals surface area contributed by atoms with E-state index < -0.39 is 18.0 Å². The van der Waals surface area contributed by atoms with Crippen molar-refractivity contribution in [2.75, 3.05) is 14.2 Å². The maximum atomic E-state index is 12.6. The summed E-state index contributed by atoms with van der Waals surface area (Å²) >= 11 is 4.94. The molecule has 170 valence electrons. The lowest BCUT2D eigenvalue weighted by atomic mass is 10.0. The summed E-state index contributed by atoms with van der Waals surface area (Å²) in [6.45, 7) is 1.77. The number of alkyl halides is 3. The van der Waals surface area contributed by atoms with Crippen LogP contribution in [0.2, 0.25) is 0 Å². The molecule has 0 spiro atoms. The summed E-state index contributed by atoms with van der Waals surface area (Å²) in [6.07, 6.45) is -4.76. The minimum Gasteiger partial charge on any atom is -0.489 e. The Balaban J connectivity index is 2.24. The van der Waals surface area contributed by atoms with Gasteiger partial charge in [-0.05, 0) is 36.2 Å². The standard InChI is InChI=1S/C21H20F3N3O4S/c1-12-10-13(18(32)26-20(25)21(22,23)24)8-9-16(12)31-11-14-6-4-5-7-15(14)17(27-30-3)19(28)29-2/h4-10H,11H2,1-3H3,(H2,25,26,32)/b27-17+. The predicted molar refractivity (Wildman–Crippen MR) is 117 cm³/mol. The van der Waals surface area contributed by atoms with Crippen LogP contribution in [0, 0.1) is 6.92 Å². The van der Waals surface area contributed by atoms with Gasteiger partial charge in [-0.3, -0.25) is 0 Å². The van der Waals surface area contributed by atoms with Crippen LogP contribution < -0.4 is 10.5 Å². The van der Waals surface area contributed by atoms with Crippen LogP contribution in [0.4, 0.5) is 13.2 Å². The Morgan fingerprint density at radius 1 is 1.16 bits per heavy atom. The largest absolute Gasteiger partial charge is 0.489 e. The SMILES string of the molecule is CO/N=C(/C(=O)OC)c1ccccc1COc1ccc(C(=S)N=C(N)C(F)(F)F)cc1C. The molecule has 0 atom stereocenters. The highest BCUT2D eigenvalue weighted by Crippen LogP contribution is 2.23. The number of nitrogens with zero attached hydrogens (tertiary/aromatic N) is 2. The highest BCUT2D eigenvalue weighted by molar-refractivity contribution is 7.80. The number of ether oxygens (including phenoxy) is 2. The summed E-state index contributed by atoms with van der Waals surface area (Å²) in [6, 6.07) is 11.5. The van der Waals surface area contributed by atoms with Gasteiger partial charge in [0.2, 0.25) is 5.84 Å². The van der Waals surface area contributed by atoms with Gasteiger partial charge in [0.15, 0.2) is 5.71 Å². The molecular weight excluding hydrogens is 447 g/mol. The molecule has 0 saturated carbocycles. The van der Waals surface area contributed by atoms with Crippen molar-refractivity contribution in [3.8, 4) is 5.75 Å². The highest BCUT2D eigenvalue weighted by Gasteiger charge is 2.33. The van der Waals surface area contributed by atoms with Crippen molar-refractivity contribution in [2.45, 2.75) is 19.7 Å². The number of rotatable bonds is 7. The van der Waals surface area contributed by atoms with Crippen LogP contribution in [0.5, 0.6) is 5.75 Å². The van der Waals surface area contributed by atoms with Crippen molar-refractivity contribution in [1.82, 2.24) is 0 Å². The van der Waals surface area contributed by atoms with Gasteiger partial charge in [-0.25, -0.2) is 9.79 Å². The van der Waals surface area contributed by atoms with Crippen molar-refractivity contribution in [1.29, 1.82) is 0 Å². The number of thiocarbonyl (C=S) groups is 1. The van der Waals surface area contributed by atoms with Crippen molar-refractivity contribution in [2.24, 2.45) is 15.9 Å². The van der Waals surface area contributed by atoms with E-state index in [0.29, 0.717) is 22.4 Å². The van der Waals surface area contributed by atoms with Gasteiger partial charge < -0.3 is 20.0 Å². The van der Waals surface area contributed by atoms with Crippen molar-refractivity contribution in [3.63, 3.8) is 0 Å². The number of nitrogens with two attached hydrogens (primary N) is 1. The monoisotopic (exact) mass is 467 g/mol. The van der Waals surface area contributed by atoms with Gasteiger partial charge in [0.05, 0.1) is 7.11 Å². The molecule has 0 aliphatic carbocycles. The number of aliphatic imine (C=N–C) groups is 1. The fraction of sp³-hybridized carbons (Fsp3) is 0.238. The molecule has 0 fully saturated rings. The van der Waals surface area contributed by atoms with Crippen molar-refractivity contribution >= 4 is 34.7 Å². The number of aryl methyl sites for hydroxylation is 1. The average molecular weight is 467 g/mol. The molecule has 0 radical (unpaired) electrons. The van der Waals surface area contributed by atoms with Gasteiger partial charge >= 0.3 is 12.1 Å². The lowest BCUT2D eigenvalue weighted by Crippen LogP contribution is -2.32. The smallest absolute Gasteiger partial charge is 0.449 e. The maximum Gasteiger partial charge on any atom is 0.449 e. The number of oxime groups is 1. The van der Waals surface area contributed by atoms with E-state index >= 15 is 0 Å². The number of hydrogen-bond acceptors (Lipinski definition) is 6. The van der Waals surface area contributed by atoms with E-state index in [1.54, 1.807) is 43.3 Å². The summed E-state index contributed by atoms with van der Waals surface area (Å²) in [4.78, 5) is 19.7. The molecule has 2 aromatic carbocycles. The summed E-state index contributed by atoms with van der Waals surface area (Å²) < 4.78 is 48.3. The summed E-state index contributed by atoms with van der Waals surface area (Å²) in [5.74, 6) is -1.73. The Morgan fingerprint density at radius 3 is 2.44 bits per heavy atom. The van der Waals surface area contributed by atoms with Gasteiger partial charge in [-0.15, -0.1) is 0 Å². The minimum atomic E-state index is -4.76. The fourth-order valence-electron chi connectivity index (χ4n) is 2.60. The summed E-state index contributed by atoms with van der Waals surface area (Å²) in [5.41, 5.74) is 6.90. The Kier molecular flexibility index (Phi) is 8.30. The number of hydrogen-bond donors (Lipinski definition) is 1. The fourth-order valence-corrected chi connectivity index (χ4v) is 2.82. The van der Waals surface area contributed by atoms with Gasteiger partial charge in [-0.1, -0.05) is 41.6 Å². The van der Waals surface area contributed by atoms with Crippen LogP contribution in [0.25, 0.3) is 0 Å². The molecular formula is C21H20F3N3O4S. The van der Waals surface area contributed by atoms with Crippen LogP contribution in [0.3, 0.4) is 0 Å². The molecule has 0 bridgehead atoms. The van der Waals surface area contributed by atoms with E-state index in [0.717, 1.165) is 0 Å². The van der Waals surface area contributed by atoms with E-state index in [1.165, 1.54) is 20.3 Å². The molecule has 7 nitrogen and oxygen atoms in total. The molecule has 0 unspecified atom stereocenters. The summed E-state index contributed by atoms with van der Waals surface area (Å²) in [7, 11) is 2.54. The number of carbonyl (C=O) groups is 1. The predicted octanol–water partition coefficient (Wildman–Crippen LogP) is 3.69. The molecule has 0 aromatic heterocycles. The lowest BCUT2D eigenvalue weighted by Gasteiger charge is -2.14. The normalized spacial score (nSPS) is 12.3. The van der Waals surface area contributed by atoms with Gasteiger partial charge in [-0.2, -0.15) is 13.2 Å². The zero-order valence-electron chi connectivity index (χ0n) is 17.4. The Bertz CT molecular complexity index is 1070. The first-order chi connectivity index (χ1) is 15.1. The molecule has 0 heterocycles. The number of esters is 1. The second kappa shape index (κ2) is 10.7. The molecule has 11 heteroatoms. The van der Waals surface area contributed by atoms with E-state index in [2.05, 4.69) is 10.1 Å². The van der Waals surface area contributed by atoms with E-state index in [1.807, 2.05) is 0 Å². The molecule has 0 aliphatic rings. The molecule has 2 aromatic rings. The number of halogens is 3. The van der Waals surface area contributed by atoms with Gasteiger partial charge in [0.1, 0.15) is 24.5 Å². The topological polar surface area (TPSA) is 95.5 Å². The first kappa shape index (κ1) is 24.8. The first-order valence-electron chi connectivity index (χ1n) is 9.05. The average Bonchev–Trinajstić information content (AvgIpc) is 2.75. The zero-order chi connectivity index (χ0) is 23.9. The molecule has 2 N–H and O–H groups in total. The summed E-state index contributed by atoms with van der Waals surface area (Å²) in [5, 5.41) is 3.74. The zero-order valence-corrected chi connectivity index (χ0v) is 18.2. The number of amidine groups is 1. The molecule has 0 amide bonds. The van der Waals surface area contributed by atoms with Crippen LogP contribution in [0.1, 0.15) is 22.3 Å². The van der Waals surface area contributed by atoms with E-state index in [4.69, 9.17) is 32.3 Å². The van der Waals surface area contributed by atoms with Crippen molar-refractivity contribution in [3.05, 3.63) is 64.7 Å². The van der Waals surface area contributed by atoms with E-state index in [9.17, 15) is 18.0 Å². The second-order valence-electron chi connectivity index (χ2n) is 6.34. The Morgan fingerprint density at radius 2 is 1.84 bits per heavy atom. The third-order valence-electron chi connectivity index (χ3n) is 4.15. The number of carbonyl (C=O) groups excluding carboxylic acids is 1. The third-order valence-corrected chi connectivity index (χ3v) is 4.48. The van der Waals surface area contributed by atoms with Crippen molar-refractivity contribution < 1.29 is 32.3 Å². The highest BCUT2D eigenvalue weighted by atomic mass is 32.1. The molecule has 2 rings (SSSR count). The third kappa shape index (κ3) is 6.27. The quantitative estimate of drug-likeness (QED) is 0.219.